The molecule has 0 saturated heterocycles. The number of nitrogens with zero attached hydrogens (tertiary/aromatic N) is 1. The van der Waals surface area contributed by atoms with Crippen LogP contribution in [0.4, 0.5) is 0 Å². The molecule has 0 unspecified atom stereocenters. The molecule has 0 radical (unpaired) electrons. The number of aromatic nitrogens is 1. The Bertz CT molecular complexity index is 602. The van der Waals surface area contributed by atoms with E-state index in [0.717, 1.165) is 0 Å². The van der Waals surface area contributed by atoms with Crippen LogP contribution in [-0.4, -0.2) is 10.8 Å². The first kappa shape index (κ1) is 12.7. The number of benzene rings is 1. The summed E-state index contributed by atoms with van der Waals surface area (Å²) in [4.78, 5) is 3.92. The van der Waals surface area contributed by atoms with E-state index >= 15 is 0 Å². The second kappa shape index (κ2) is 5.25. The fourth-order valence-corrected chi connectivity index (χ4v) is 1.68. The van der Waals surface area contributed by atoms with Crippen LogP contribution in [0.25, 0.3) is 0 Å². The highest BCUT2D eigenvalue weighted by Gasteiger charge is 2.10. The highest BCUT2D eigenvalue weighted by Crippen LogP contribution is 2.32. The third kappa shape index (κ3) is 2.72. The number of nitrogen functional groups attached to an aromatic ring is 1. The van der Waals surface area contributed by atoms with Crippen LogP contribution in [0.3, 0.4) is 0 Å². The van der Waals surface area contributed by atoms with Crippen LogP contribution in [0.5, 0.6) is 11.5 Å². The second-order valence-corrected chi connectivity index (χ2v) is 4.31. The Hall–Kier alpha value is -1.78. The van der Waals surface area contributed by atoms with Crippen molar-refractivity contribution in [1.29, 1.82) is 5.41 Å². The molecule has 3 N–H and O–H groups in total. The van der Waals surface area contributed by atoms with Gasteiger partial charge in [-0.1, -0.05) is 23.2 Å². The molecular weight excluding hydrogens is 273 g/mol. The molecule has 0 aliphatic rings. The zero-order valence-corrected chi connectivity index (χ0v) is 10.7. The minimum Gasteiger partial charge on any atom is -0.453 e. The summed E-state index contributed by atoms with van der Waals surface area (Å²) in [5.74, 6) is 0.638. The lowest BCUT2D eigenvalue weighted by Crippen LogP contribution is -2.12. The Morgan fingerprint density at radius 2 is 2.00 bits per heavy atom. The lowest BCUT2D eigenvalue weighted by Gasteiger charge is -2.10. The van der Waals surface area contributed by atoms with Gasteiger partial charge < -0.3 is 10.5 Å². The van der Waals surface area contributed by atoms with Crippen molar-refractivity contribution in [3.8, 4) is 11.5 Å². The predicted molar refractivity (Wildman–Crippen MR) is 71.8 cm³/mol. The quantitative estimate of drug-likeness (QED) is 0.668. The number of ether oxygens (including phenoxy) is 1. The number of nitrogens with two attached hydrogens (primary N) is 1. The maximum absolute atomic E-state index is 7.45. The molecule has 4 nitrogen and oxygen atoms in total. The molecule has 92 valence electrons. The van der Waals surface area contributed by atoms with E-state index in [4.69, 9.17) is 39.1 Å². The van der Waals surface area contributed by atoms with E-state index in [-0.39, 0.29) is 5.84 Å². The average Bonchev–Trinajstić information content (AvgIpc) is 2.34. The van der Waals surface area contributed by atoms with Gasteiger partial charge in [0.1, 0.15) is 11.6 Å². The van der Waals surface area contributed by atoms with Gasteiger partial charge in [-0.3, -0.25) is 10.4 Å². The van der Waals surface area contributed by atoms with Gasteiger partial charge in [0.15, 0.2) is 5.75 Å². The Labute approximate surface area is 114 Å². The molecule has 0 aliphatic carbocycles. The molecule has 0 aliphatic heterocycles. The molecule has 1 aromatic carbocycles. The van der Waals surface area contributed by atoms with Crippen LogP contribution in [0.1, 0.15) is 5.56 Å². The molecule has 0 spiro atoms. The van der Waals surface area contributed by atoms with Crippen LogP contribution >= 0.6 is 23.2 Å². The van der Waals surface area contributed by atoms with Gasteiger partial charge in [-0.05, 0) is 18.2 Å². The van der Waals surface area contributed by atoms with E-state index < -0.39 is 0 Å². The fourth-order valence-electron chi connectivity index (χ4n) is 1.36. The van der Waals surface area contributed by atoms with Crippen molar-refractivity contribution in [3.05, 3.63) is 52.3 Å². The van der Waals surface area contributed by atoms with Crippen molar-refractivity contribution < 1.29 is 4.74 Å². The van der Waals surface area contributed by atoms with Gasteiger partial charge in [-0.2, -0.15) is 0 Å². The van der Waals surface area contributed by atoms with Crippen molar-refractivity contribution in [2.75, 3.05) is 0 Å². The summed E-state index contributed by atoms with van der Waals surface area (Å²) in [6.07, 6.45) is 3.00. The van der Waals surface area contributed by atoms with Gasteiger partial charge in [0.05, 0.1) is 16.8 Å². The van der Waals surface area contributed by atoms with Crippen molar-refractivity contribution in [1.82, 2.24) is 4.98 Å². The van der Waals surface area contributed by atoms with Gasteiger partial charge >= 0.3 is 0 Å². The maximum atomic E-state index is 7.45. The molecule has 0 saturated carbocycles. The molecule has 2 rings (SSSR count). The zero-order chi connectivity index (χ0) is 13.1. The first-order valence-corrected chi connectivity index (χ1v) is 5.75. The fraction of sp³-hybridized carbons (Fsp3) is 0. The minimum absolute atomic E-state index is 0.106. The van der Waals surface area contributed by atoms with E-state index in [1.165, 1.54) is 12.4 Å². The Morgan fingerprint density at radius 3 is 2.72 bits per heavy atom. The van der Waals surface area contributed by atoms with Crippen molar-refractivity contribution in [2.24, 2.45) is 5.73 Å². The monoisotopic (exact) mass is 281 g/mol. The third-order valence-corrected chi connectivity index (χ3v) is 2.74. The number of rotatable bonds is 3. The third-order valence-electron chi connectivity index (χ3n) is 2.19. The highest BCUT2D eigenvalue weighted by atomic mass is 35.5. The van der Waals surface area contributed by atoms with Gasteiger partial charge in [-0.25, -0.2) is 0 Å². The molecule has 1 heterocycles. The standard InChI is InChI=1S/C12H9Cl2N3O/c13-7-1-2-9(14)10(5-7)18-11-6-17-4-3-8(11)12(15)16/h1-6H,(H3,15,16). The molecule has 1 aromatic heterocycles. The molecule has 0 amide bonds. The second-order valence-electron chi connectivity index (χ2n) is 3.46. The number of nitrogens with one attached hydrogen (secondary N) is 1. The molecule has 2 aromatic rings. The normalized spacial score (nSPS) is 10.1. The van der Waals surface area contributed by atoms with Gasteiger partial charge in [0, 0.05) is 17.3 Å². The molecule has 0 bridgehead atoms. The summed E-state index contributed by atoms with van der Waals surface area (Å²) in [7, 11) is 0. The van der Waals surface area contributed by atoms with Crippen LogP contribution in [0.15, 0.2) is 36.7 Å². The largest absolute Gasteiger partial charge is 0.453 e. The number of amidine groups is 1. The van der Waals surface area contributed by atoms with Crippen molar-refractivity contribution >= 4 is 29.0 Å². The first-order valence-electron chi connectivity index (χ1n) is 4.99. The Balaban J connectivity index is 2.40. The lowest BCUT2D eigenvalue weighted by atomic mass is 10.2. The van der Waals surface area contributed by atoms with Crippen molar-refractivity contribution in [3.63, 3.8) is 0 Å². The predicted octanol–water partition coefficient (Wildman–Crippen LogP) is 3.46. The van der Waals surface area contributed by atoms with Crippen LogP contribution < -0.4 is 10.5 Å². The topological polar surface area (TPSA) is 72.0 Å². The molecule has 6 heteroatoms. The molecule has 18 heavy (non-hydrogen) atoms. The smallest absolute Gasteiger partial charge is 0.156 e. The summed E-state index contributed by atoms with van der Waals surface area (Å²) >= 11 is 11.9. The number of pyridine rings is 1. The van der Waals surface area contributed by atoms with Crippen LogP contribution in [-0.2, 0) is 0 Å². The maximum Gasteiger partial charge on any atom is 0.156 e. The van der Waals surface area contributed by atoms with Crippen LogP contribution in [0, 0.1) is 5.41 Å². The number of halogens is 2. The van der Waals surface area contributed by atoms with Gasteiger partial charge in [0.2, 0.25) is 0 Å². The summed E-state index contributed by atoms with van der Waals surface area (Å²) in [6.45, 7) is 0. The summed E-state index contributed by atoms with van der Waals surface area (Å²) in [5.41, 5.74) is 5.90. The first-order chi connectivity index (χ1) is 8.58. The zero-order valence-electron chi connectivity index (χ0n) is 9.15. The van der Waals surface area contributed by atoms with E-state index in [1.807, 2.05) is 0 Å². The summed E-state index contributed by atoms with van der Waals surface area (Å²) in [5, 5.41) is 8.37. The SMILES string of the molecule is N=C(N)c1ccncc1Oc1cc(Cl)ccc1Cl. The Morgan fingerprint density at radius 1 is 1.22 bits per heavy atom. The highest BCUT2D eigenvalue weighted by molar-refractivity contribution is 6.34. The average molecular weight is 282 g/mol. The number of hydrogen-bond donors (Lipinski definition) is 2. The van der Waals surface area contributed by atoms with Gasteiger partial charge in [0.25, 0.3) is 0 Å². The van der Waals surface area contributed by atoms with Crippen molar-refractivity contribution in [2.45, 2.75) is 0 Å². The Kier molecular flexibility index (Phi) is 3.69. The summed E-state index contributed by atoms with van der Waals surface area (Å²) < 4.78 is 5.58. The van der Waals surface area contributed by atoms with E-state index in [0.29, 0.717) is 27.1 Å². The van der Waals surface area contributed by atoms with E-state index in [9.17, 15) is 0 Å². The van der Waals surface area contributed by atoms with E-state index in [1.54, 1.807) is 24.3 Å². The molecular formula is C12H9Cl2N3O. The summed E-state index contributed by atoms with van der Waals surface area (Å²) in [6, 6.07) is 6.46. The molecule has 0 atom stereocenters. The molecule has 0 fully saturated rings. The van der Waals surface area contributed by atoms with Gasteiger partial charge in [-0.15, -0.1) is 0 Å². The lowest BCUT2D eigenvalue weighted by molar-refractivity contribution is 0.479. The van der Waals surface area contributed by atoms with E-state index in [2.05, 4.69) is 4.98 Å². The number of hydrogen-bond acceptors (Lipinski definition) is 3. The minimum atomic E-state index is -0.106. The van der Waals surface area contributed by atoms with Crippen LogP contribution in [0.2, 0.25) is 10.0 Å².